The van der Waals surface area contributed by atoms with Crippen LogP contribution in [0.25, 0.3) is 0 Å². The van der Waals surface area contributed by atoms with Crippen molar-refractivity contribution in [1.29, 1.82) is 5.26 Å². The molecule has 2 aromatic carbocycles. The summed E-state index contributed by atoms with van der Waals surface area (Å²) in [6, 6.07) is 21.4. The van der Waals surface area contributed by atoms with Crippen molar-refractivity contribution >= 4 is 6.21 Å². The third kappa shape index (κ3) is 3.00. The molecule has 2 atom stereocenters. The van der Waals surface area contributed by atoms with Crippen LogP contribution >= 0.6 is 0 Å². The van der Waals surface area contributed by atoms with E-state index in [2.05, 4.69) is 42.5 Å². The average molecular weight is 328 g/mol. The van der Waals surface area contributed by atoms with E-state index < -0.39 is 0 Å². The maximum atomic E-state index is 10.1. The van der Waals surface area contributed by atoms with Gasteiger partial charge in [-0.2, -0.15) is 5.26 Å². The Morgan fingerprint density at radius 3 is 2.44 bits per heavy atom. The van der Waals surface area contributed by atoms with Crippen molar-refractivity contribution in [3.63, 3.8) is 0 Å². The van der Waals surface area contributed by atoms with Gasteiger partial charge in [0, 0.05) is 6.21 Å². The van der Waals surface area contributed by atoms with Gasteiger partial charge in [0.15, 0.2) is 0 Å². The predicted molar refractivity (Wildman–Crippen MR) is 102 cm³/mol. The maximum absolute atomic E-state index is 10.1. The monoisotopic (exact) mass is 328 g/mol. The van der Waals surface area contributed by atoms with Crippen LogP contribution in [-0.4, -0.2) is 6.21 Å². The molecule has 25 heavy (non-hydrogen) atoms. The molecule has 0 unspecified atom stereocenters. The molecule has 0 radical (unpaired) electrons. The molecule has 4 rings (SSSR count). The van der Waals surface area contributed by atoms with E-state index in [0.29, 0.717) is 0 Å². The van der Waals surface area contributed by atoms with Crippen molar-refractivity contribution in [2.24, 2.45) is 16.3 Å². The first-order valence-corrected chi connectivity index (χ1v) is 9.38. The average Bonchev–Trinajstić information content (AvgIpc) is 2.67. The third-order valence-electron chi connectivity index (χ3n) is 6.06. The SMILES string of the molecule is N#C[C@H]1[C@@H](N=Cc2ccccc2)c2ccccc2CC12CCCCC2. The smallest absolute Gasteiger partial charge is 0.0915 e. The maximum Gasteiger partial charge on any atom is 0.0915 e. The Hall–Kier alpha value is -2.40. The lowest BCUT2D eigenvalue weighted by Crippen LogP contribution is -2.41. The van der Waals surface area contributed by atoms with Crippen LogP contribution in [-0.2, 0) is 6.42 Å². The van der Waals surface area contributed by atoms with Gasteiger partial charge in [-0.1, -0.05) is 73.9 Å². The van der Waals surface area contributed by atoms with Gasteiger partial charge in [0.1, 0.15) is 0 Å². The first-order chi connectivity index (χ1) is 12.3. The van der Waals surface area contributed by atoms with E-state index in [1.807, 2.05) is 24.4 Å². The van der Waals surface area contributed by atoms with Gasteiger partial charge in [-0.05, 0) is 41.4 Å². The molecule has 0 aromatic heterocycles. The van der Waals surface area contributed by atoms with Crippen LogP contribution in [0.5, 0.6) is 0 Å². The fourth-order valence-electron chi connectivity index (χ4n) is 4.81. The molecule has 0 aliphatic heterocycles. The Balaban J connectivity index is 1.76. The predicted octanol–water partition coefficient (Wildman–Crippen LogP) is 5.49. The first kappa shape index (κ1) is 16.1. The third-order valence-corrected chi connectivity index (χ3v) is 6.06. The summed E-state index contributed by atoms with van der Waals surface area (Å²) in [4.78, 5) is 4.95. The van der Waals surface area contributed by atoms with Crippen LogP contribution in [0.1, 0.15) is 54.8 Å². The molecule has 0 N–H and O–H groups in total. The first-order valence-electron chi connectivity index (χ1n) is 9.38. The summed E-state index contributed by atoms with van der Waals surface area (Å²) in [6.07, 6.45) is 9.12. The zero-order valence-electron chi connectivity index (χ0n) is 14.6. The van der Waals surface area contributed by atoms with E-state index in [0.717, 1.165) is 24.8 Å². The van der Waals surface area contributed by atoms with Crippen molar-refractivity contribution in [1.82, 2.24) is 0 Å². The van der Waals surface area contributed by atoms with Gasteiger partial charge in [-0.15, -0.1) is 0 Å². The highest BCUT2D eigenvalue weighted by atomic mass is 14.8. The summed E-state index contributed by atoms with van der Waals surface area (Å²) in [6.45, 7) is 0. The molecule has 1 saturated carbocycles. The van der Waals surface area contributed by atoms with Gasteiger partial charge in [0.05, 0.1) is 18.0 Å². The van der Waals surface area contributed by atoms with Gasteiger partial charge >= 0.3 is 0 Å². The summed E-state index contributed by atoms with van der Waals surface area (Å²) in [7, 11) is 0. The number of nitriles is 1. The van der Waals surface area contributed by atoms with Crippen molar-refractivity contribution in [2.45, 2.75) is 44.6 Å². The summed E-state index contributed by atoms with van der Waals surface area (Å²) in [5.74, 6) is -0.0253. The van der Waals surface area contributed by atoms with Crippen LogP contribution < -0.4 is 0 Å². The van der Waals surface area contributed by atoms with E-state index in [-0.39, 0.29) is 17.4 Å². The summed E-state index contributed by atoms with van der Waals surface area (Å²) in [5, 5.41) is 10.1. The van der Waals surface area contributed by atoms with Crippen molar-refractivity contribution < 1.29 is 0 Å². The van der Waals surface area contributed by atoms with Crippen molar-refractivity contribution in [2.75, 3.05) is 0 Å². The highest BCUT2D eigenvalue weighted by Gasteiger charge is 2.48. The molecule has 1 spiro atoms. The lowest BCUT2D eigenvalue weighted by Gasteiger charge is -2.47. The summed E-state index contributed by atoms with van der Waals surface area (Å²) >= 11 is 0. The van der Waals surface area contributed by atoms with E-state index in [4.69, 9.17) is 4.99 Å². The molecule has 2 aliphatic rings. The minimum absolute atomic E-state index is 0.0253. The van der Waals surface area contributed by atoms with Gasteiger partial charge in [-0.3, -0.25) is 4.99 Å². The summed E-state index contributed by atoms with van der Waals surface area (Å²) in [5.41, 5.74) is 3.85. The second-order valence-electron chi connectivity index (χ2n) is 7.54. The normalized spacial score (nSPS) is 24.8. The molecular formula is C23H24N2. The number of fused-ring (bicyclic) bond motifs is 1. The number of benzene rings is 2. The largest absolute Gasteiger partial charge is 0.283 e. The van der Waals surface area contributed by atoms with Crippen LogP contribution in [0.15, 0.2) is 59.6 Å². The number of hydrogen-bond donors (Lipinski definition) is 0. The van der Waals surface area contributed by atoms with Crippen molar-refractivity contribution in [3.05, 3.63) is 71.3 Å². The fourth-order valence-corrected chi connectivity index (χ4v) is 4.81. The number of aliphatic imine (C=N–C) groups is 1. The second-order valence-corrected chi connectivity index (χ2v) is 7.54. The molecule has 0 saturated heterocycles. The van der Waals surface area contributed by atoms with Gasteiger partial charge in [0.25, 0.3) is 0 Å². The zero-order valence-corrected chi connectivity index (χ0v) is 14.6. The molecule has 2 aliphatic carbocycles. The highest BCUT2D eigenvalue weighted by molar-refractivity contribution is 5.79. The molecule has 1 fully saturated rings. The van der Waals surface area contributed by atoms with Gasteiger partial charge < -0.3 is 0 Å². The minimum atomic E-state index is -0.0479. The topological polar surface area (TPSA) is 36.1 Å². The highest BCUT2D eigenvalue weighted by Crippen LogP contribution is 2.54. The number of nitrogens with zero attached hydrogens (tertiary/aromatic N) is 2. The number of hydrogen-bond acceptors (Lipinski definition) is 2. The molecule has 0 heterocycles. The lowest BCUT2D eigenvalue weighted by atomic mass is 9.57. The lowest BCUT2D eigenvalue weighted by molar-refractivity contribution is 0.0997. The number of rotatable bonds is 2. The molecule has 2 nitrogen and oxygen atoms in total. The summed E-state index contributed by atoms with van der Waals surface area (Å²) < 4.78 is 0. The molecule has 0 bridgehead atoms. The van der Waals surface area contributed by atoms with Crippen LogP contribution in [0, 0.1) is 22.7 Å². The van der Waals surface area contributed by atoms with Crippen molar-refractivity contribution in [3.8, 4) is 6.07 Å². The van der Waals surface area contributed by atoms with Gasteiger partial charge in [0.2, 0.25) is 0 Å². The fraction of sp³-hybridized carbons (Fsp3) is 0.391. The Labute approximate surface area is 150 Å². The standard InChI is InChI=1S/C23H24N2/c24-16-21-22(25-17-18-9-3-1-4-10-18)20-12-6-5-11-19(20)15-23(21)13-7-2-8-14-23/h1,3-6,9-12,17,21-22H,2,7-8,13-15H2/t21-,22-/m0/s1. The van der Waals surface area contributed by atoms with E-state index >= 15 is 0 Å². The minimum Gasteiger partial charge on any atom is -0.283 e. The molecule has 126 valence electrons. The zero-order chi connectivity index (χ0) is 17.1. The Bertz CT molecular complexity index is 794. The van der Waals surface area contributed by atoms with Crippen LogP contribution in [0.3, 0.4) is 0 Å². The van der Waals surface area contributed by atoms with E-state index in [1.54, 1.807) is 0 Å². The second kappa shape index (κ2) is 6.84. The molecule has 2 heteroatoms. The molecule has 0 amide bonds. The van der Waals surface area contributed by atoms with Crippen LogP contribution in [0.4, 0.5) is 0 Å². The Morgan fingerprint density at radius 2 is 1.68 bits per heavy atom. The molecule has 2 aromatic rings. The van der Waals surface area contributed by atoms with E-state index in [1.165, 1.54) is 30.4 Å². The Kier molecular flexibility index (Phi) is 4.40. The van der Waals surface area contributed by atoms with Gasteiger partial charge in [-0.25, -0.2) is 0 Å². The van der Waals surface area contributed by atoms with E-state index in [9.17, 15) is 5.26 Å². The molecular weight excluding hydrogens is 304 g/mol. The quantitative estimate of drug-likeness (QED) is 0.671. The van der Waals surface area contributed by atoms with Crippen LogP contribution in [0.2, 0.25) is 0 Å². The Morgan fingerprint density at radius 1 is 0.960 bits per heavy atom.